The largest absolute Gasteiger partial charge is 0.493 e. The molecule has 4 rings (SSSR count). The molecule has 11 heteroatoms. The molecule has 192 valence electrons. The second kappa shape index (κ2) is 11.2. The zero-order chi connectivity index (χ0) is 25.8. The number of carbonyl (C=O) groups excluding carboxylic acids is 1. The predicted molar refractivity (Wildman–Crippen MR) is 136 cm³/mol. The first-order valence-electron chi connectivity index (χ1n) is 11.5. The SMILES string of the molecule is COCCN(C)C(=O)[C@@H]1C[C@H](Oc2cc3c(Nc4cccc(Cl)c4F)ncnc3cc2OC)CN1C. The quantitative estimate of drug-likeness (QED) is 0.459. The van der Waals surface area contributed by atoms with E-state index >= 15 is 0 Å². The Morgan fingerprint density at radius 1 is 1.28 bits per heavy atom. The Labute approximate surface area is 214 Å². The number of carbonyl (C=O) groups is 1. The van der Waals surface area contributed by atoms with Crippen LogP contribution in [-0.4, -0.2) is 85.8 Å². The molecule has 1 aliphatic rings. The van der Waals surface area contributed by atoms with Crippen LogP contribution in [0.15, 0.2) is 36.7 Å². The monoisotopic (exact) mass is 517 g/mol. The number of hydrogen-bond acceptors (Lipinski definition) is 8. The first-order valence-corrected chi connectivity index (χ1v) is 11.8. The Morgan fingerprint density at radius 2 is 2.08 bits per heavy atom. The predicted octanol–water partition coefficient (Wildman–Crippen LogP) is 3.73. The maximum Gasteiger partial charge on any atom is 0.239 e. The molecule has 1 aliphatic heterocycles. The Balaban J connectivity index is 1.58. The fourth-order valence-electron chi connectivity index (χ4n) is 4.24. The number of likely N-dealkylation sites (N-methyl/N-ethyl adjacent to an activating group) is 2. The van der Waals surface area contributed by atoms with Crippen molar-refractivity contribution in [2.75, 3.05) is 53.3 Å². The van der Waals surface area contributed by atoms with Crippen LogP contribution in [0, 0.1) is 5.82 Å². The molecule has 0 spiro atoms. The lowest BCUT2D eigenvalue weighted by molar-refractivity contribution is -0.134. The van der Waals surface area contributed by atoms with Crippen molar-refractivity contribution in [1.29, 1.82) is 0 Å². The lowest BCUT2D eigenvalue weighted by atomic mass is 10.1. The fraction of sp³-hybridized carbons (Fsp3) is 0.400. The summed E-state index contributed by atoms with van der Waals surface area (Å²) < 4.78 is 31.5. The number of anilines is 2. The molecule has 2 atom stereocenters. The molecule has 0 radical (unpaired) electrons. The van der Waals surface area contributed by atoms with Gasteiger partial charge in [0.2, 0.25) is 5.91 Å². The van der Waals surface area contributed by atoms with Crippen LogP contribution in [0.2, 0.25) is 5.02 Å². The molecular weight excluding hydrogens is 489 g/mol. The van der Waals surface area contributed by atoms with Crippen LogP contribution >= 0.6 is 11.6 Å². The van der Waals surface area contributed by atoms with Crippen molar-refractivity contribution in [3.63, 3.8) is 0 Å². The highest BCUT2D eigenvalue weighted by Crippen LogP contribution is 2.37. The average Bonchev–Trinajstić information content (AvgIpc) is 3.24. The van der Waals surface area contributed by atoms with Gasteiger partial charge in [-0.25, -0.2) is 14.4 Å². The van der Waals surface area contributed by atoms with Gasteiger partial charge in [-0.2, -0.15) is 0 Å². The Kier molecular flexibility index (Phi) is 8.07. The maximum absolute atomic E-state index is 14.5. The smallest absolute Gasteiger partial charge is 0.239 e. The van der Waals surface area contributed by atoms with Crippen molar-refractivity contribution in [3.05, 3.63) is 47.5 Å². The van der Waals surface area contributed by atoms with Gasteiger partial charge in [0, 0.05) is 45.1 Å². The number of halogens is 2. The van der Waals surface area contributed by atoms with Crippen LogP contribution in [0.25, 0.3) is 10.9 Å². The van der Waals surface area contributed by atoms with Crippen molar-refractivity contribution in [2.24, 2.45) is 0 Å². The van der Waals surface area contributed by atoms with E-state index < -0.39 is 5.82 Å². The molecule has 0 aliphatic carbocycles. The van der Waals surface area contributed by atoms with Gasteiger partial charge >= 0.3 is 0 Å². The van der Waals surface area contributed by atoms with Crippen LogP contribution in [0.4, 0.5) is 15.9 Å². The minimum atomic E-state index is -0.573. The molecule has 9 nitrogen and oxygen atoms in total. The van der Waals surface area contributed by atoms with Gasteiger partial charge in [-0.1, -0.05) is 17.7 Å². The van der Waals surface area contributed by atoms with Crippen LogP contribution < -0.4 is 14.8 Å². The van der Waals surface area contributed by atoms with Gasteiger partial charge in [0.25, 0.3) is 0 Å². The van der Waals surface area contributed by atoms with Crippen molar-refractivity contribution in [2.45, 2.75) is 18.6 Å². The number of nitrogens with zero attached hydrogens (tertiary/aromatic N) is 4. The molecule has 1 aromatic heterocycles. The van der Waals surface area contributed by atoms with Crippen molar-refractivity contribution < 1.29 is 23.4 Å². The summed E-state index contributed by atoms with van der Waals surface area (Å²) in [5, 5.41) is 3.62. The van der Waals surface area contributed by atoms with Gasteiger partial charge in [0.05, 0.1) is 36.0 Å². The number of amides is 1. The number of fused-ring (bicyclic) bond motifs is 1. The van der Waals surface area contributed by atoms with E-state index in [2.05, 4.69) is 15.3 Å². The number of likely N-dealkylation sites (tertiary alicyclic amines) is 1. The normalized spacial score (nSPS) is 17.8. The minimum absolute atomic E-state index is 0.00590. The number of nitrogens with one attached hydrogen (secondary N) is 1. The number of benzene rings is 2. The van der Waals surface area contributed by atoms with Crippen molar-refractivity contribution in [1.82, 2.24) is 19.8 Å². The molecule has 0 bridgehead atoms. The molecular formula is C25H29ClFN5O4. The summed E-state index contributed by atoms with van der Waals surface area (Å²) in [5.41, 5.74) is 0.785. The summed E-state index contributed by atoms with van der Waals surface area (Å²) in [5.74, 6) is 0.819. The van der Waals surface area contributed by atoms with Gasteiger partial charge in [-0.15, -0.1) is 0 Å². The van der Waals surface area contributed by atoms with Crippen LogP contribution in [0.1, 0.15) is 6.42 Å². The third kappa shape index (κ3) is 5.45. The maximum atomic E-state index is 14.5. The molecule has 0 saturated carbocycles. The van der Waals surface area contributed by atoms with E-state index in [1.807, 2.05) is 11.9 Å². The van der Waals surface area contributed by atoms with Crippen LogP contribution in [0.3, 0.4) is 0 Å². The lowest BCUT2D eigenvalue weighted by Crippen LogP contribution is -2.43. The highest BCUT2D eigenvalue weighted by atomic mass is 35.5. The van der Waals surface area contributed by atoms with Gasteiger partial charge in [-0.05, 0) is 25.2 Å². The number of aromatic nitrogens is 2. The summed E-state index contributed by atoms with van der Waals surface area (Å²) >= 11 is 5.93. The standard InChI is InChI=1S/C25H29ClFN5O4/c1-31(8-9-34-3)25(33)20-10-15(13-32(20)2)36-22-11-16-19(12-21(22)35-4)28-14-29-24(16)30-18-7-5-6-17(26)23(18)27/h5-7,11-12,14-15,20H,8-10,13H2,1-4H3,(H,28,29,30)/t15-,20-/m0/s1. The van der Waals surface area contributed by atoms with Gasteiger partial charge in [0.1, 0.15) is 18.2 Å². The second-order valence-electron chi connectivity index (χ2n) is 8.65. The molecule has 2 aromatic carbocycles. The molecule has 36 heavy (non-hydrogen) atoms. The molecule has 1 amide bonds. The first kappa shape index (κ1) is 25.9. The fourth-order valence-corrected chi connectivity index (χ4v) is 4.42. The lowest BCUT2D eigenvalue weighted by Gasteiger charge is -2.24. The Hall–Kier alpha value is -3.21. The number of hydrogen-bond donors (Lipinski definition) is 1. The third-order valence-electron chi connectivity index (χ3n) is 6.22. The molecule has 0 unspecified atom stereocenters. The topological polar surface area (TPSA) is 89.0 Å². The number of rotatable bonds is 9. The van der Waals surface area contributed by atoms with Crippen LogP contribution in [-0.2, 0) is 9.53 Å². The average molecular weight is 518 g/mol. The van der Waals surface area contributed by atoms with Gasteiger partial charge < -0.3 is 24.4 Å². The third-order valence-corrected chi connectivity index (χ3v) is 6.51. The van der Waals surface area contributed by atoms with Gasteiger partial charge in [-0.3, -0.25) is 9.69 Å². The highest BCUT2D eigenvalue weighted by Gasteiger charge is 2.37. The van der Waals surface area contributed by atoms with Crippen molar-refractivity contribution in [3.8, 4) is 11.5 Å². The molecule has 1 N–H and O–H groups in total. The summed E-state index contributed by atoms with van der Waals surface area (Å²) in [4.78, 5) is 25.2. The highest BCUT2D eigenvalue weighted by molar-refractivity contribution is 6.31. The molecule has 1 fully saturated rings. The summed E-state index contributed by atoms with van der Waals surface area (Å²) in [7, 11) is 6.84. The first-order chi connectivity index (χ1) is 17.3. The van der Waals surface area contributed by atoms with E-state index in [4.69, 9.17) is 25.8 Å². The molecule has 2 heterocycles. The summed E-state index contributed by atoms with van der Waals surface area (Å²) in [6.45, 7) is 1.57. The van der Waals surface area contributed by atoms with E-state index in [9.17, 15) is 9.18 Å². The Bertz CT molecular complexity index is 1250. The molecule has 1 saturated heterocycles. The van der Waals surface area contributed by atoms with Crippen LogP contribution in [0.5, 0.6) is 11.5 Å². The molecule has 3 aromatic rings. The number of ether oxygens (including phenoxy) is 3. The summed E-state index contributed by atoms with van der Waals surface area (Å²) in [6.07, 6.45) is 1.67. The number of methoxy groups -OCH3 is 2. The van der Waals surface area contributed by atoms with E-state index in [0.717, 1.165) is 0 Å². The second-order valence-corrected chi connectivity index (χ2v) is 9.06. The van der Waals surface area contributed by atoms with E-state index in [-0.39, 0.29) is 28.8 Å². The summed E-state index contributed by atoms with van der Waals surface area (Å²) in [6, 6.07) is 7.91. The zero-order valence-electron chi connectivity index (χ0n) is 20.6. The van der Waals surface area contributed by atoms with E-state index in [0.29, 0.717) is 54.3 Å². The van der Waals surface area contributed by atoms with Gasteiger partial charge in [0.15, 0.2) is 17.3 Å². The van der Waals surface area contributed by atoms with E-state index in [1.165, 1.54) is 12.4 Å². The zero-order valence-corrected chi connectivity index (χ0v) is 21.4. The minimum Gasteiger partial charge on any atom is -0.493 e. The van der Waals surface area contributed by atoms with E-state index in [1.54, 1.807) is 50.4 Å². The Morgan fingerprint density at radius 3 is 2.83 bits per heavy atom. The van der Waals surface area contributed by atoms with Crippen molar-refractivity contribution >= 4 is 39.9 Å².